The molecule has 0 aliphatic carbocycles. The molecule has 0 spiro atoms. The molecule has 0 saturated heterocycles. The third-order valence-corrected chi connectivity index (χ3v) is 9.93. The number of ether oxygens (including phenoxy) is 3. The van der Waals surface area contributed by atoms with E-state index in [1.165, 1.54) is 11.1 Å². The molecule has 3 aromatic rings. The lowest BCUT2D eigenvalue weighted by atomic mass is 9.68. The Labute approximate surface area is 311 Å². The summed E-state index contributed by atoms with van der Waals surface area (Å²) in [5.41, 5.74) is 3.19. The zero-order chi connectivity index (χ0) is 38.4. The summed E-state index contributed by atoms with van der Waals surface area (Å²) < 4.78 is 16.0. The molecule has 52 heavy (non-hydrogen) atoms. The van der Waals surface area contributed by atoms with E-state index in [9.17, 15) is 19.5 Å². The van der Waals surface area contributed by atoms with Gasteiger partial charge in [0.05, 0.1) is 37.6 Å². The van der Waals surface area contributed by atoms with Crippen molar-refractivity contribution in [3.05, 3.63) is 108 Å². The molecule has 2 N–H and O–H groups in total. The van der Waals surface area contributed by atoms with Crippen molar-refractivity contribution in [3.8, 4) is 0 Å². The first-order valence-corrected chi connectivity index (χ1v) is 18.9. The van der Waals surface area contributed by atoms with Gasteiger partial charge in [0.2, 0.25) is 0 Å². The Morgan fingerprint density at radius 3 is 1.58 bits per heavy atom. The molecule has 6 atom stereocenters. The summed E-state index contributed by atoms with van der Waals surface area (Å²) in [6.45, 7) is 14.2. The first-order valence-electron chi connectivity index (χ1n) is 18.9. The van der Waals surface area contributed by atoms with Crippen molar-refractivity contribution in [1.82, 2.24) is 0 Å². The van der Waals surface area contributed by atoms with Crippen LogP contribution in [0.4, 0.5) is 0 Å². The topological polar surface area (TPSA) is 119 Å². The Kier molecular flexibility index (Phi) is 20.6. The van der Waals surface area contributed by atoms with E-state index in [0.29, 0.717) is 51.6 Å². The second-order valence-corrected chi connectivity index (χ2v) is 14.0. The molecule has 3 aromatic carbocycles. The first kappa shape index (κ1) is 44.2. The highest BCUT2D eigenvalue weighted by atomic mass is 16.6. The van der Waals surface area contributed by atoms with Crippen LogP contribution in [0.3, 0.4) is 0 Å². The monoisotopic (exact) mass is 718 g/mol. The van der Waals surface area contributed by atoms with Crippen molar-refractivity contribution in [3.63, 3.8) is 0 Å². The lowest BCUT2D eigenvalue weighted by Gasteiger charge is -2.36. The van der Waals surface area contributed by atoms with Crippen LogP contribution in [0, 0.1) is 17.8 Å². The van der Waals surface area contributed by atoms with E-state index in [2.05, 4.69) is 57.2 Å². The fraction of sp³-hybridized carbons (Fsp3) is 0.523. The van der Waals surface area contributed by atoms with Gasteiger partial charge in [-0.15, -0.1) is 0 Å². The van der Waals surface area contributed by atoms with Crippen LogP contribution in [0.1, 0.15) is 109 Å². The molecule has 0 aromatic heterocycles. The molecule has 286 valence electrons. The number of carbonyl (C=O) groups excluding carboxylic acids is 1. The van der Waals surface area contributed by atoms with Crippen LogP contribution in [0.2, 0.25) is 0 Å². The van der Waals surface area contributed by atoms with Gasteiger partial charge in [0.15, 0.2) is 0 Å². The SMILES string of the molecule is CCC(CC(C)c1ccccc1)C(=O)O.CCOCCOCCOC(=O)C(CC)CC(CC(C)(CC(C)c1ccccc1)c1ccccc1)C(=O)O. The number of hydrogen-bond acceptors (Lipinski definition) is 6. The van der Waals surface area contributed by atoms with Crippen molar-refractivity contribution in [2.45, 2.75) is 97.3 Å². The van der Waals surface area contributed by atoms with Gasteiger partial charge >= 0.3 is 17.9 Å². The van der Waals surface area contributed by atoms with Crippen molar-refractivity contribution < 1.29 is 38.8 Å². The van der Waals surface area contributed by atoms with E-state index < -0.39 is 23.8 Å². The molecule has 6 unspecified atom stereocenters. The van der Waals surface area contributed by atoms with Crippen LogP contribution in [-0.2, 0) is 34.0 Å². The van der Waals surface area contributed by atoms with Crippen molar-refractivity contribution >= 4 is 17.9 Å². The number of carboxylic acids is 2. The molecule has 0 radical (unpaired) electrons. The third kappa shape index (κ3) is 15.7. The summed E-state index contributed by atoms with van der Waals surface area (Å²) in [5, 5.41) is 19.2. The molecule has 8 nitrogen and oxygen atoms in total. The smallest absolute Gasteiger partial charge is 0.309 e. The van der Waals surface area contributed by atoms with E-state index in [1.807, 2.05) is 75.4 Å². The lowest BCUT2D eigenvalue weighted by Crippen LogP contribution is -2.33. The summed E-state index contributed by atoms with van der Waals surface area (Å²) in [7, 11) is 0. The first-order chi connectivity index (χ1) is 24.9. The van der Waals surface area contributed by atoms with Crippen LogP contribution in [0.15, 0.2) is 91.0 Å². The van der Waals surface area contributed by atoms with Crippen LogP contribution in [-0.4, -0.2) is 61.2 Å². The zero-order valence-corrected chi connectivity index (χ0v) is 32.2. The van der Waals surface area contributed by atoms with Gasteiger partial charge in [-0.25, -0.2) is 0 Å². The van der Waals surface area contributed by atoms with Gasteiger partial charge in [-0.2, -0.15) is 0 Å². The number of carboxylic acid groups (broad SMARTS) is 2. The molecule has 0 bridgehead atoms. The number of benzene rings is 3. The molecule has 0 heterocycles. The highest BCUT2D eigenvalue weighted by molar-refractivity contribution is 5.75. The molecule has 0 saturated carbocycles. The van der Waals surface area contributed by atoms with Crippen molar-refractivity contribution in [2.24, 2.45) is 17.8 Å². The Hall–Kier alpha value is -4.01. The van der Waals surface area contributed by atoms with Gasteiger partial charge in [-0.1, -0.05) is 126 Å². The largest absolute Gasteiger partial charge is 0.481 e. The molecular weight excluding hydrogens is 656 g/mol. The fourth-order valence-electron chi connectivity index (χ4n) is 6.79. The van der Waals surface area contributed by atoms with E-state index in [1.54, 1.807) is 0 Å². The molecule has 0 fully saturated rings. The lowest BCUT2D eigenvalue weighted by molar-refractivity contribution is -0.152. The van der Waals surface area contributed by atoms with E-state index in [-0.39, 0.29) is 36.2 Å². The fourth-order valence-corrected chi connectivity index (χ4v) is 6.79. The second-order valence-electron chi connectivity index (χ2n) is 14.0. The standard InChI is InChI=1S/C31H44O6.C13H18O2/c1-5-25(30(34)37-20-19-36-18-17-35-6-2)21-27(29(32)33)23-31(4,28-15-11-8-12-16-28)22-24(3)26-13-9-7-10-14-26;1-3-11(13(14)15)9-10(2)12-7-5-4-6-8-12/h7-16,24-25,27H,5-6,17-23H2,1-4H3,(H,32,33);4-8,10-11H,3,9H2,1-2H3,(H,14,15). The van der Waals surface area contributed by atoms with Gasteiger partial charge in [-0.05, 0) is 79.4 Å². The van der Waals surface area contributed by atoms with Crippen LogP contribution in [0.25, 0.3) is 0 Å². The molecule has 0 aliphatic rings. The molecule has 0 aliphatic heterocycles. The zero-order valence-electron chi connectivity index (χ0n) is 32.2. The second kappa shape index (κ2) is 24.3. The number of carbonyl (C=O) groups is 3. The van der Waals surface area contributed by atoms with Gasteiger partial charge in [0, 0.05) is 6.61 Å². The number of aliphatic carboxylic acids is 2. The third-order valence-electron chi connectivity index (χ3n) is 9.93. The summed E-state index contributed by atoms with van der Waals surface area (Å²) in [4.78, 5) is 36.1. The highest BCUT2D eigenvalue weighted by Crippen LogP contribution is 2.41. The Bertz CT molecular complexity index is 1410. The number of hydrogen-bond donors (Lipinski definition) is 2. The predicted octanol–water partition coefficient (Wildman–Crippen LogP) is 9.53. The maximum Gasteiger partial charge on any atom is 0.309 e. The Morgan fingerprint density at radius 2 is 1.08 bits per heavy atom. The highest BCUT2D eigenvalue weighted by Gasteiger charge is 2.37. The van der Waals surface area contributed by atoms with Gasteiger partial charge in [-0.3, -0.25) is 14.4 Å². The maximum absolute atomic E-state index is 12.8. The van der Waals surface area contributed by atoms with Crippen LogP contribution < -0.4 is 0 Å². The molecule has 3 rings (SSSR count). The van der Waals surface area contributed by atoms with E-state index in [0.717, 1.165) is 18.4 Å². The molecular formula is C44H62O8. The van der Waals surface area contributed by atoms with Crippen molar-refractivity contribution in [2.75, 3.05) is 33.0 Å². The molecule has 8 heteroatoms. The number of esters is 1. The minimum absolute atomic E-state index is 0.148. The molecule has 0 amide bonds. The summed E-state index contributed by atoms with van der Waals surface area (Å²) >= 11 is 0. The van der Waals surface area contributed by atoms with Gasteiger partial charge < -0.3 is 24.4 Å². The summed E-state index contributed by atoms with van der Waals surface area (Å²) in [6.07, 6.45) is 3.43. The summed E-state index contributed by atoms with van der Waals surface area (Å²) in [6, 6.07) is 30.5. The Morgan fingerprint density at radius 1 is 0.596 bits per heavy atom. The minimum Gasteiger partial charge on any atom is -0.481 e. The minimum atomic E-state index is -0.875. The average molecular weight is 719 g/mol. The average Bonchev–Trinajstić information content (AvgIpc) is 3.16. The predicted molar refractivity (Wildman–Crippen MR) is 207 cm³/mol. The quantitative estimate of drug-likeness (QED) is 0.0735. The van der Waals surface area contributed by atoms with Crippen LogP contribution >= 0.6 is 0 Å². The van der Waals surface area contributed by atoms with Gasteiger partial charge in [0.25, 0.3) is 0 Å². The van der Waals surface area contributed by atoms with Gasteiger partial charge in [0.1, 0.15) is 6.61 Å². The number of rotatable bonds is 23. The van der Waals surface area contributed by atoms with Crippen molar-refractivity contribution in [1.29, 1.82) is 0 Å². The van der Waals surface area contributed by atoms with E-state index >= 15 is 0 Å². The van der Waals surface area contributed by atoms with E-state index in [4.69, 9.17) is 19.3 Å². The van der Waals surface area contributed by atoms with Crippen LogP contribution in [0.5, 0.6) is 0 Å². The Balaban J connectivity index is 0.000000519. The maximum atomic E-state index is 12.8. The summed E-state index contributed by atoms with van der Waals surface area (Å²) in [5.74, 6) is -2.73. The normalized spacial score (nSPS) is 15.1.